The number of hydrogen-bond acceptors (Lipinski definition) is 8. The third-order valence-corrected chi connectivity index (χ3v) is 8.22. The highest BCUT2D eigenvalue weighted by atomic mass is 32.2. The molecule has 1 atom stereocenters. The Bertz CT molecular complexity index is 1210. The van der Waals surface area contributed by atoms with Gasteiger partial charge in [0.1, 0.15) is 22.1 Å². The number of para-hydroxylation sites is 2. The van der Waals surface area contributed by atoms with Crippen molar-refractivity contribution in [1.29, 1.82) is 0 Å². The number of rotatable bonds is 6. The highest BCUT2D eigenvalue weighted by molar-refractivity contribution is 7.89. The molecule has 0 aromatic heterocycles. The molecule has 2 aromatic carbocycles. The van der Waals surface area contributed by atoms with Crippen LogP contribution >= 0.6 is 0 Å². The summed E-state index contributed by atoms with van der Waals surface area (Å²) >= 11 is 0. The molecule has 2 aliphatic heterocycles. The largest absolute Gasteiger partial charge is 0.497 e. The van der Waals surface area contributed by atoms with Crippen LogP contribution in [0.15, 0.2) is 47.4 Å². The number of piperidine rings is 1. The van der Waals surface area contributed by atoms with Gasteiger partial charge < -0.3 is 23.8 Å². The van der Waals surface area contributed by atoms with E-state index in [1.54, 1.807) is 41.3 Å². The summed E-state index contributed by atoms with van der Waals surface area (Å²) in [5.74, 6) is -0.0924. The van der Waals surface area contributed by atoms with Crippen LogP contribution in [0.3, 0.4) is 0 Å². The Labute approximate surface area is 204 Å². The molecule has 10 nitrogen and oxygen atoms in total. The number of methoxy groups -OCH3 is 3. The van der Waals surface area contributed by atoms with Crippen LogP contribution in [0.25, 0.3) is 0 Å². The Morgan fingerprint density at radius 3 is 2.37 bits per heavy atom. The van der Waals surface area contributed by atoms with Crippen LogP contribution in [-0.4, -0.2) is 71.7 Å². The fraction of sp³-hybridized carbons (Fsp3) is 0.417. The van der Waals surface area contributed by atoms with E-state index in [1.165, 1.54) is 31.7 Å². The van der Waals surface area contributed by atoms with Crippen molar-refractivity contribution in [2.75, 3.05) is 45.9 Å². The van der Waals surface area contributed by atoms with Crippen molar-refractivity contribution < 1.29 is 37.0 Å². The summed E-state index contributed by atoms with van der Waals surface area (Å²) in [7, 11) is 0.281. The Hall–Kier alpha value is -3.31. The van der Waals surface area contributed by atoms with Crippen LogP contribution in [-0.2, 0) is 24.3 Å². The first kappa shape index (κ1) is 24.8. The third-order valence-electron chi connectivity index (χ3n) is 6.30. The van der Waals surface area contributed by atoms with E-state index in [1.807, 2.05) is 0 Å². The van der Waals surface area contributed by atoms with Gasteiger partial charge in [-0.3, -0.25) is 4.79 Å². The normalized spacial score (nSPS) is 18.8. The van der Waals surface area contributed by atoms with Crippen molar-refractivity contribution in [2.45, 2.75) is 23.8 Å². The van der Waals surface area contributed by atoms with Crippen molar-refractivity contribution >= 4 is 27.6 Å². The fourth-order valence-electron chi connectivity index (χ4n) is 4.39. The first-order valence-electron chi connectivity index (χ1n) is 11.2. The molecule has 0 bridgehead atoms. The molecule has 1 saturated heterocycles. The monoisotopic (exact) mass is 504 g/mol. The van der Waals surface area contributed by atoms with Gasteiger partial charge in [0, 0.05) is 25.1 Å². The summed E-state index contributed by atoms with van der Waals surface area (Å²) in [6, 6.07) is 11.6. The maximum atomic E-state index is 13.5. The van der Waals surface area contributed by atoms with Crippen LogP contribution in [0.4, 0.5) is 5.69 Å². The zero-order valence-electron chi connectivity index (χ0n) is 19.8. The maximum absolute atomic E-state index is 13.5. The molecule has 0 aliphatic carbocycles. The molecule has 0 spiro atoms. The predicted octanol–water partition coefficient (Wildman–Crippen LogP) is 2.07. The Morgan fingerprint density at radius 1 is 1.00 bits per heavy atom. The van der Waals surface area contributed by atoms with Crippen molar-refractivity contribution in [3.8, 4) is 17.2 Å². The number of carbonyl (C=O) groups excluding carboxylic acids is 2. The van der Waals surface area contributed by atoms with Gasteiger partial charge >= 0.3 is 5.97 Å². The molecule has 35 heavy (non-hydrogen) atoms. The quantitative estimate of drug-likeness (QED) is 0.550. The van der Waals surface area contributed by atoms with E-state index in [0.717, 1.165) is 0 Å². The molecule has 4 rings (SSSR count). The Kier molecular flexibility index (Phi) is 7.18. The second kappa shape index (κ2) is 10.1. The van der Waals surface area contributed by atoms with E-state index in [0.29, 0.717) is 30.0 Å². The molecule has 188 valence electrons. The molecule has 11 heteroatoms. The van der Waals surface area contributed by atoms with Crippen molar-refractivity contribution in [1.82, 2.24) is 4.31 Å². The molecule has 1 fully saturated rings. The molecular formula is C24H28N2O8S. The van der Waals surface area contributed by atoms with Gasteiger partial charge in [-0.15, -0.1) is 0 Å². The SMILES string of the molecule is COC(=O)[C@H]1CN(C(=O)C2CCN(S(=O)(=O)c3cc(OC)ccc3OC)CC2)c2ccccc2O1. The van der Waals surface area contributed by atoms with Crippen LogP contribution in [0.2, 0.25) is 0 Å². The lowest BCUT2D eigenvalue weighted by Crippen LogP contribution is -2.51. The van der Waals surface area contributed by atoms with Gasteiger partial charge in [-0.25, -0.2) is 13.2 Å². The average molecular weight is 505 g/mol. The van der Waals surface area contributed by atoms with Gasteiger partial charge in [0.2, 0.25) is 22.0 Å². The number of benzene rings is 2. The van der Waals surface area contributed by atoms with Crippen LogP contribution in [0, 0.1) is 5.92 Å². The second-order valence-electron chi connectivity index (χ2n) is 8.24. The van der Waals surface area contributed by atoms with E-state index in [9.17, 15) is 18.0 Å². The van der Waals surface area contributed by atoms with Crippen LogP contribution < -0.4 is 19.1 Å². The van der Waals surface area contributed by atoms with Crippen molar-refractivity contribution in [2.24, 2.45) is 5.92 Å². The van der Waals surface area contributed by atoms with E-state index in [2.05, 4.69) is 0 Å². The standard InChI is InChI=1S/C24H28N2O8S/c1-31-17-8-9-20(32-2)22(14-17)35(29,30)25-12-10-16(11-13-25)23(27)26-15-21(24(28)33-3)34-19-7-5-4-6-18(19)26/h4-9,14,16,21H,10-13,15H2,1-3H3/t21-/m1/s1. The van der Waals surface area contributed by atoms with Gasteiger partial charge in [-0.2, -0.15) is 4.31 Å². The van der Waals surface area contributed by atoms with Gasteiger partial charge in [0.15, 0.2) is 0 Å². The molecule has 2 aliphatic rings. The minimum atomic E-state index is -3.86. The third kappa shape index (κ3) is 4.78. The van der Waals surface area contributed by atoms with Gasteiger partial charge in [0.25, 0.3) is 0 Å². The number of ether oxygens (including phenoxy) is 4. The summed E-state index contributed by atoms with van der Waals surface area (Å²) in [5, 5.41) is 0. The number of nitrogens with zero attached hydrogens (tertiary/aromatic N) is 2. The minimum Gasteiger partial charge on any atom is -0.497 e. The lowest BCUT2D eigenvalue weighted by atomic mass is 9.95. The van der Waals surface area contributed by atoms with E-state index < -0.39 is 28.0 Å². The summed E-state index contributed by atoms with van der Waals surface area (Å²) in [6.07, 6.45) is -0.251. The summed E-state index contributed by atoms with van der Waals surface area (Å²) in [6.45, 7) is 0.374. The molecule has 1 amide bonds. The average Bonchev–Trinajstić information content (AvgIpc) is 2.91. The minimum absolute atomic E-state index is 0.0205. The number of hydrogen-bond donors (Lipinski definition) is 0. The number of esters is 1. The number of sulfonamides is 1. The highest BCUT2D eigenvalue weighted by Crippen LogP contribution is 2.37. The molecule has 0 radical (unpaired) electrons. The van der Waals surface area contributed by atoms with Crippen molar-refractivity contribution in [3.05, 3.63) is 42.5 Å². The fourth-order valence-corrected chi connectivity index (χ4v) is 6.03. The molecule has 0 N–H and O–H groups in total. The lowest BCUT2D eigenvalue weighted by molar-refractivity contribution is -0.148. The van der Waals surface area contributed by atoms with E-state index in [4.69, 9.17) is 18.9 Å². The lowest BCUT2D eigenvalue weighted by Gasteiger charge is -2.37. The smallest absolute Gasteiger partial charge is 0.348 e. The number of anilines is 1. The second-order valence-corrected chi connectivity index (χ2v) is 10.1. The number of fused-ring (bicyclic) bond motifs is 1. The topological polar surface area (TPSA) is 112 Å². The zero-order valence-corrected chi connectivity index (χ0v) is 20.6. The zero-order chi connectivity index (χ0) is 25.2. The van der Waals surface area contributed by atoms with Gasteiger partial charge in [0.05, 0.1) is 33.6 Å². The van der Waals surface area contributed by atoms with Crippen LogP contribution in [0.1, 0.15) is 12.8 Å². The Balaban J connectivity index is 1.51. The maximum Gasteiger partial charge on any atom is 0.348 e. The number of amides is 1. The summed E-state index contributed by atoms with van der Waals surface area (Å²) in [5.41, 5.74) is 0.578. The van der Waals surface area contributed by atoms with Gasteiger partial charge in [-0.05, 0) is 37.1 Å². The molecule has 0 unspecified atom stereocenters. The molecule has 0 saturated carbocycles. The first-order chi connectivity index (χ1) is 16.8. The Morgan fingerprint density at radius 2 is 1.71 bits per heavy atom. The molecular weight excluding hydrogens is 476 g/mol. The van der Waals surface area contributed by atoms with Gasteiger partial charge in [-0.1, -0.05) is 12.1 Å². The predicted molar refractivity (Wildman–Crippen MR) is 126 cm³/mol. The van der Waals surface area contributed by atoms with E-state index in [-0.39, 0.29) is 36.2 Å². The summed E-state index contributed by atoms with van der Waals surface area (Å²) < 4.78 is 49.1. The van der Waals surface area contributed by atoms with Crippen molar-refractivity contribution in [3.63, 3.8) is 0 Å². The van der Waals surface area contributed by atoms with Crippen LogP contribution in [0.5, 0.6) is 17.2 Å². The first-order valence-corrected chi connectivity index (χ1v) is 12.6. The summed E-state index contributed by atoms with van der Waals surface area (Å²) in [4.78, 5) is 27.2. The molecule has 2 aromatic rings. The highest BCUT2D eigenvalue weighted by Gasteiger charge is 2.39. The number of carbonyl (C=O) groups is 2. The molecule has 2 heterocycles. The van der Waals surface area contributed by atoms with E-state index >= 15 is 0 Å².